The van der Waals surface area contributed by atoms with Gasteiger partial charge in [0.15, 0.2) is 0 Å². The van der Waals surface area contributed by atoms with Crippen LogP contribution in [0.25, 0.3) is 0 Å². The maximum atomic E-state index is 2.26. The van der Waals surface area contributed by atoms with E-state index in [1.165, 1.54) is 6.42 Å². The van der Waals surface area contributed by atoms with Crippen LogP contribution in [-0.2, 0) is 0 Å². The Morgan fingerprint density at radius 1 is 1.44 bits per heavy atom. The van der Waals surface area contributed by atoms with E-state index in [0.29, 0.717) is 0 Å². The van der Waals surface area contributed by atoms with Crippen LogP contribution in [-0.4, -0.2) is 18.0 Å². The van der Waals surface area contributed by atoms with Gasteiger partial charge in [-0.1, -0.05) is 13.0 Å². The summed E-state index contributed by atoms with van der Waals surface area (Å²) in [5.41, 5.74) is 0. The molecule has 0 aromatic carbocycles. The lowest BCUT2D eigenvalue weighted by molar-refractivity contribution is 0.289. The first-order valence-electron chi connectivity index (χ1n) is 3.60. The number of hydrogen-bond acceptors (Lipinski definition) is 1. The van der Waals surface area contributed by atoms with Gasteiger partial charge in [-0.25, -0.2) is 0 Å². The summed E-state index contributed by atoms with van der Waals surface area (Å²) in [4.78, 5) is 2.26. The van der Waals surface area contributed by atoms with E-state index in [4.69, 9.17) is 0 Å². The second-order valence-electron chi connectivity index (χ2n) is 3.07. The van der Waals surface area contributed by atoms with Gasteiger partial charge < -0.3 is 4.90 Å². The van der Waals surface area contributed by atoms with Gasteiger partial charge in [0, 0.05) is 13.1 Å². The van der Waals surface area contributed by atoms with Gasteiger partial charge in [0.05, 0.1) is 0 Å². The summed E-state index contributed by atoms with van der Waals surface area (Å²) in [5, 5.41) is 0. The van der Waals surface area contributed by atoms with Gasteiger partial charge >= 0.3 is 0 Å². The zero-order chi connectivity index (χ0) is 6.85. The maximum Gasteiger partial charge on any atom is 0.0258 e. The maximum absolute atomic E-state index is 2.26. The molecule has 1 heteroatoms. The molecule has 0 aromatic rings. The predicted molar refractivity (Wildman–Crippen MR) is 40.1 cm³/mol. The Morgan fingerprint density at radius 3 is 2.56 bits per heavy atom. The Bertz CT molecular complexity index is 118. The van der Waals surface area contributed by atoms with Gasteiger partial charge in [-0.3, -0.25) is 0 Å². The third-order valence-corrected chi connectivity index (χ3v) is 2.06. The molecule has 0 N–H and O–H groups in total. The standard InChI is InChI=1S/C8H15N/c1-7-4-5-9(3)8(2)6-7/h4-5,7-8H,6H2,1-3H3. The lowest BCUT2D eigenvalue weighted by Gasteiger charge is -2.29. The number of rotatable bonds is 0. The molecular weight excluding hydrogens is 110 g/mol. The lowest BCUT2D eigenvalue weighted by Crippen LogP contribution is -2.28. The molecular formula is C8H15N. The van der Waals surface area contributed by atoms with Gasteiger partial charge in [-0.15, -0.1) is 0 Å². The Hall–Kier alpha value is -0.460. The summed E-state index contributed by atoms with van der Waals surface area (Å²) < 4.78 is 0. The topological polar surface area (TPSA) is 3.24 Å². The van der Waals surface area contributed by atoms with E-state index in [0.717, 1.165) is 12.0 Å². The Labute approximate surface area is 57.4 Å². The Kier molecular flexibility index (Phi) is 1.79. The molecule has 0 saturated heterocycles. The largest absolute Gasteiger partial charge is 0.378 e. The third-order valence-electron chi connectivity index (χ3n) is 2.06. The highest BCUT2D eigenvalue weighted by Gasteiger charge is 2.12. The first kappa shape index (κ1) is 6.66. The zero-order valence-electron chi connectivity index (χ0n) is 6.46. The van der Waals surface area contributed by atoms with E-state index in [1.807, 2.05) is 0 Å². The van der Waals surface area contributed by atoms with E-state index in [1.54, 1.807) is 0 Å². The van der Waals surface area contributed by atoms with Gasteiger partial charge in [0.2, 0.25) is 0 Å². The fraction of sp³-hybridized carbons (Fsp3) is 0.750. The van der Waals surface area contributed by atoms with Crippen molar-refractivity contribution in [3.05, 3.63) is 12.3 Å². The molecule has 0 fully saturated rings. The quantitative estimate of drug-likeness (QED) is 0.477. The molecule has 1 aliphatic heterocycles. The van der Waals surface area contributed by atoms with Crippen LogP contribution >= 0.6 is 0 Å². The van der Waals surface area contributed by atoms with Crippen molar-refractivity contribution in [1.82, 2.24) is 4.90 Å². The minimum atomic E-state index is 0.727. The van der Waals surface area contributed by atoms with Crippen LogP contribution in [0.1, 0.15) is 20.3 Å². The molecule has 9 heavy (non-hydrogen) atoms. The zero-order valence-corrected chi connectivity index (χ0v) is 6.46. The Balaban J connectivity index is 2.54. The van der Waals surface area contributed by atoms with Gasteiger partial charge in [0.25, 0.3) is 0 Å². The van der Waals surface area contributed by atoms with Crippen LogP contribution in [0.4, 0.5) is 0 Å². The summed E-state index contributed by atoms with van der Waals surface area (Å²) in [6.45, 7) is 4.53. The fourth-order valence-corrected chi connectivity index (χ4v) is 1.21. The van der Waals surface area contributed by atoms with E-state index in [-0.39, 0.29) is 0 Å². The van der Waals surface area contributed by atoms with Crippen molar-refractivity contribution in [3.63, 3.8) is 0 Å². The van der Waals surface area contributed by atoms with Crippen molar-refractivity contribution in [1.29, 1.82) is 0 Å². The summed E-state index contributed by atoms with van der Waals surface area (Å²) in [6, 6.07) is 0.727. The molecule has 0 saturated carbocycles. The number of hydrogen-bond donors (Lipinski definition) is 0. The van der Waals surface area contributed by atoms with Crippen LogP contribution in [0.5, 0.6) is 0 Å². The van der Waals surface area contributed by atoms with Crippen molar-refractivity contribution < 1.29 is 0 Å². The average Bonchev–Trinajstić information content (AvgIpc) is 1.80. The molecule has 0 aliphatic carbocycles. The highest BCUT2D eigenvalue weighted by molar-refractivity contribution is 4.93. The first-order valence-corrected chi connectivity index (χ1v) is 3.60. The molecule has 0 bridgehead atoms. The minimum Gasteiger partial charge on any atom is -0.378 e. The first-order chi connectivity index (χ1) is 4.20. The van der Waals surface area contributed by atoms with Crippen molar-refractivity contribution in [3.8, 4) is 0 Å². The van der Waals surface area contributed by atoms with Crippen LogP contribution in [0.3, 0.4) is 0 Å². The van der Waals surface area contributed by atoms with Crippen LogP contribution in [0.15, 0.2) is 12.3 Å². The smallest absolute Gasteiger partial charge is 0.0258 e. The molecule has 2 atom stereocenters. The van der Waals surface area contributed by atoms with E-state index in [9.17, 15) is 0 Å². The highest BCUT2D eigenvalue weighted by Crippen LogP contribution is 2.16. The van der Waals surface area contributed by atoms with Crippen LogP contribution in [0.2, 0.25) is 0 Å². The molecule has 1 rings (SSSR count). The van der Waals surface area contributed by atoms with Gasteiger partial charge in [-0.2, -0.15) is 0 Å². The van der Waals surface area contributed by atoms with Crippen molar-refractivity contribution in [2.24, 2.45) is 5.92 Å². The van der Waals surface area contributed by atoms with Crippen molar-refractivity contribution in [2.75, 3.05) is 7.05 Å². The minimum absolute atomic E-state index is 0.727. The van der Waals surface area contributed by atoms with Crippen LogP contribution < -0.4 is 0 Å². The summed E-state index contributed by atoms with van der Waals surface area (Å²) >= 11 is 0. The summed E-state index contributed by atoms with van der Waals surface area (Å²) in [6.07, 6.45) is 5.74. The molecule has 0 amide bonds. The monoisotopic (exact) mass is 125 g/mol. The molecule has 52 valence electrons. The van der Waals surface area contributed by atoms with Gasteiger partial charge in [0.1, 0.15) is 0 Å². The van der Waals surface area contributed by atoms with Gasteiger partial charge in [-0.05, 0) is 25.5 Å². The summed E-state index contributed by atoms with van der Waals surface area (Å²) in [7, 11) is 2.13. The molecule has 2 unspecified atom stereocenters. The summed E-state index contributed by atoms with van der Waals surface area (Å²) in [5.74, 6) is 0.774. The van der Waals surface area contributed by atoms with Crippen molar-refractivity contribution in [2.45, 2.75) is 26.3 Å². The van der Waals surface area contributed by atoms with E-state index >= 15 is 0 Å². The van der Waals surface area contributed by atoms with Crippen molar-refractivity contribution >= 4 is 0 Å². The lowest BCUT2D eigenvalue weighted by atomic mass is 9.99. The average molecular weight is 125 g/mol. The molecule has 1 heterocycles. The van der Waals surface area contributed by atoms with E-state index in [2.05, 4.69) is 38.1 Å². The molecule has 1 nitrogen and oxygen atoms in total. The fourth-order valence-electron chi connectivity index (χ4n) is 1.21. The number of nitrogens with zero attached hydrogens (tertiary/aromatic N) is 1. The van der Waals surface area contributed by atoms with Crippen LogP contribution in [0, 0.1) is 5.92 Å². The molecule has 0 aromatic heterocycles. The normalized spacial score (nSPS) is 35.2. The highest BCUT2D eigenvalue weighted by atomic mass is 15.1. The molecule has 0 radical (unpaired) electrons. The molecule has 1 aliphatic rings. The second kappa shape index (κ2) is 2.42. The Morgan fingerprint density at radius 2 is 2.11 bits per heavy atom. The SMILES string of the molecule is CC1C=CN(C)C(C)C1. The predicted octanol–water partition coefficient (Wildman–Crippen LogP) is 1.86. The third kappa shape index (κ3) is 1.47. The second-order valence-corrected chi connectivity index (χ2v) is 3.07. The van der Waals surface area contributed by atoms with E-state index < -0.39 is 0 Å². The molecule has 0 spiro atoms. The number of allylic oxidation sites excluding steroid dienone is 1.